The Balaban J connectivity index is 2.37. The van der Waals surface area contributed by atoms with E-state index >= 15 is 0 Å². The van der Waals surface area contributed by atoms with E-state index in [0.717, 1.165) is 12.5 Å². The highest BCUT2D eigenvalue weighted by atomic mass is 32.2. The van der Waals surface area contributed by atoms with Gasteiger partial charge >= 0.3 is 0 Å². The van der Waals surface area contributed by atoms with Crippen LogP contribution in [0, 0.1) is 5.92 Å². The van der Waals surface area contributed by atoms with Gasteiger partial charge in [0.15, 0.2) is 5.96 Å². The maximum Gasteiger partial charge on any atom is 0.191 e. The molecule has 0 amide bonds. The lowest BCUT2D eigenvalue weighted by molar-refractivity contribution is 0.481. The second-order valence-corrected chi connectivity index (χ2v) is 6.88. The minimum absolute atomic E-state index is 0.415. The van der Waals surface area contributed by atoms with E-state index < -0.39 is 0 Å². The number of rotatable bonds is 6. The lowest BCUT2D eigenvalue weighted by Crippen LogP contribution is -2.45. The molecule has 0 saturated heterocycles. The molecule has 3 nitrogen and oxygen atoms in total. The van der Waals surface area contributed by atoms with Gasteiger partial charge in [-0.05, 0) is 25.0 Å². The van der Waals surface area contributed by atoms with Gasteiger partial charge in [0.25, 0.3) is 0 Å². The zero-order valence-electron chi connectivity index (χ0n) is 13.2. The summed E-state index contributed by atoms with van der Waals surface area (Å²) in [7, 11) is 1.82. The number of benzene rings is 1. The van der Waals surface area contributed by atoms with Gasteiger partial charge in [-0.15, -0.1) is 11.8 Å². The van der Waals surface area contributed by atoms with Crippen molar-refractivity contribution >= 4 is 17.7 Å². The molecule has 0 aromatic heterocycles. The summed E-state index contributed by atoms with van der Waals surface area (Å²) < 4.78 is 0. The van der Waals surface area contributed by atoms with Crippen LogP contribution in [0.3, 0.4) is 0 Å². The van der Waals surface area contributed by atoms with Gasteiger partial charge in [0.1, 0.15) is 0 Å². The van der Waals surface area contributed by atoms with E-state index in [-0.39, 0.29) is 0 Å². The van der Waals surface area contributed by atoms with Crippen molar-refractivity contribution in [2.75, 3.05) is 13.6 Å². The summed E-state index contributed by atoms with van der Waals surface area (Å²) in [5.41, 5.74) is 0. The normalized spacial score (nSPS) is 15.0. The molecule has 20 heavy (non-hydrogen) atoms. The van der Waals surface area contributed by atoms with Crippen molar-refractivity contribution < 1.29 is 0 Å². The third kappa shape index (κ3) is 6.33. The fraction of sp³-hybridized carbons (Fsp3) is 0.562. The van der Waals surface area contributed by atoms with Crippen molar-refractivity contribution in [3.63, 3.8) is 0 Å². The van der Waals surface area contributed by atoms with Crippen molar-refractivity contribution in [3.8, 4) is 0 Å². The highest BCUT2D eigenvalue weighted by Crippen LogP contribution is 2.21. The van der Waals surface area contributed by atoms with Gasteiger partial charge in [0.2, 0.25) is 0 Å². The van der Waals surface area contributed by atoms with Crippen LogP contribution in [-0.4, -0.2) is 30.8 Å². The average Bonchev–Trinajstić information content (AvgIpc) is 2.44. The van der Waals surface area contributed by atoms with E-state index in [4.69, 9.17) is 0 Å². The molecular weight excluding hydrogens is 266 g/mol. The van der Waals surface area contributed by atoms with Crippen LogP contribution in [0.15, 0.2) is 40.2 Å². The topological polar surface area (TPSA) is 36.4 Å². The van der Waals surface area contributed by atoms with Crippen LogP contribution >= 0.6 is 11.8 Å². The average molecular weight is 293 g/mol. The van der Waals surface area contributed by atoms with Crippen molar-refractivity contribution in [2.24, 2.45) is 10.9 Å². The SMILES string of the molecule is CN=C(NCC(C)Sc1ccccc1)NC(C)C(C)C. The van der Waals surface area contributed by atoms with Crippen molar-refractivity contribution in [2.45, 2.75) is 43.9 Å². The Kier molecular flexibility index (Phi) is 7.52. The van der Waals surface area contributed by atoms with E-state index in [1.807, 2.05) is 24.9 Å². The molecule has 0 aliphatic heterocycles. The molecule has 0 bridgehead atoms. The van der Waals surface area contributed by atoms with Gasteiger partial charge in [-0.2, -0.15) is 0 Å². The molecule has 112 valence electrons. The molecule has 4 heteroatoms. The van der Waals surface area contributed by atoms with E-state index in [9.17, 15) is 0 Å². The molecule has 0 aliphatic rings. The quantitative estimate of drug-likeness (QED) is 0.479. The fourth-order valence-electron chi connectivity index (χ4n) is 1.59. The maximum atomic E-state index is 4.27. The van der Waals surface area contributed by atoms with Gasteiger partial charge < -0.3 is 10.6 Å². The fourth-order valence-corrected chi connectivity index (χ4v) is 2.54. The number of guanidine groups is 1. The Morgan fingerprint density at radius 1 is 1.15 bits per heavy atom. The number of hydrogen-bond donors (Lipinski definition) is 2. The van der Waals surface area contributed by atoms with Crippen LogP contribution in [0.2, 0.25) is 0 Å². The molecule has 0 fully saturated rings. The van der Waals surface area contributed by atoms with Crippen LogP contribution in [-0.2, 0) is 0 Å². The summed E-state index contributed by atoms with van der Waals surface area (Å²) in [4.78, 5) is 5.58. The van der Waals surface area contributed by atoms with Gasteiger partial charge in [-0.3, -0.25) is 4.99 Å². The molecular formula is C16H27N3S. The number of aliphatic imine (C=N–C) groups is 1. The van der Waals surface area contributed by atoms with E-state index in [1.165, 1.54) is 4.90 Å². The van der Waals surface area contributed by atoms with Crippen LogP contribution in [0.5, 0.6) is 0 Å². The Morgan fingerprint density at radius 2 is 1.80 bits per heavy atom. The number of nitrogens with one attached hydrogen (secondary N) is 2. The molecule has 0 aliphatic carbocycles. The lowest BCUT2D eigenvalue weighted by atomic mass is 10.1. The highest BCUT2D eigenvalue weighted by Gasteiger charge is 2.10. The molecule has 0 saturated carbocycles. The molecule has 1 rings (SSSR count). The Morgan fingerprint density at radius 3 is 2.35 bits per heavy atom. The summed E-state index contributed by atoms with van der Waals surface area (Å²) in [5.74, 6) is 1.47. The second-order valence-electron chi connectivity index (χ2n) is 5.37. The molecule has 1 aromatic rings. The van der Waals surface area contributed by atoms with Crippen LogP contribution in [0.4, 0.5) is 0 Å². The zero-order valence-corrected chi connectivity index (χ0v) is 14.0. The third-order valence-electron chi connectivity index (χ3n) is 3.23. The predicted molar refractivity (Wildman–Crippen MR) is 90.6 cm³/mol. The van der Waals surface area contributed by atoms with E-state index in [0.29, 0.717) is 17.2 Å². The second kappa shape index (κ2) is 8.90. The highest BCUT2D eigenvalue weighted by molar-refractivity contribution is 8.00. The Labute approximate surface area is 127 Å². The lowest BCUT2D eigenvalue weighted by Gasteiger charge is -2.22. The van der Waals surface area contributed by atoms with Crippen LogP contribution in [0.1, 0.15) is 27.7 Å². The molecule has 0 heterocycles. The van der Waals surface area contributed by atoms with Crippen LogP contribution in [0.25, 0.3) is 0 Å². The van der Waals surface area contributed by atoms with Gasteiger partial charge in [-0.25, -0.2) is 0 Å². The summed E-state index contributed by atoms with van der Waals surface area (Å²) in [5, 5.41) is 7.30. The Bertz CT molecular complexity index is 403. The smallest absolute Gasteiger partial charge is 0.191 e. The zero-order chi connectivity index (χ0) is 15.0. The first-order chi connectivity index (χ1) is 9.52. The van der Waals surface area contributed by atoms with E-state index in [2.05, 4.69) is 67.6 Å². The van der Waals surface area contributed by atoms with Gasteiger partial charge in [-0.1, -0.05) is 39.0 Å². The number of hydrogen-bond acceptors (Lipinski definition) is 2. The third-order valence-corrected chi connectivity index (χ3v) is 4.34. The standard InChI is InChI=1S/C16H27N3S/c1-12(2)14(4)19-16(17-5)18-11-13(3)20-15-9-7-6-8-10-15/h6-10,12-14H,11H2,1-5H3,(H2,17,18,19). The summed E-state index contributed by atoms with van der Waals surface area (Å²) in [6.07, 6.45) is 0. The minimum Gasteiger partial charge on any atom is -0.355 e. The largest absolute Gasteiger partial charge is 0.355 e. The molecule has 0 spiro atoms. The molecule has 1 aromatic carbocycles. The predicted octanol–water partition coefficient (Wildman–Crippen LogP) is 3.38. The summed E-state index contributed by atoms with van der Waals surface area (Å²) in [6, 6.07) is 10.9. The summed E-state index contributed by atoms with van der Waals surface area (Å²) in [6.45, 7) is 9.71. The number of nitrogens with zero attached hydrogens (tertiary/aromatic N) is 1. The Hall–Kier alpha value is -1.16. The van der Waals surface area contributed by atoms with Crippen molar-refractivity contribution in [1.82, 2.24) is 10.6 Å². The van der Waals surface area contributed by atoms with E-state index in [1.54, 1.807) is 0 Å². The number of thioether (sulfide) groups is 1. The first-order valence-electron chi connectivity index (χ1n) is 7.21. The maximum absolute atomic E-state index is 4.27. The van der Waals surface area contributed by atoms with Crippen molar-refractivity contribution in [1.29, 1.82) is 0 Å². The summed E-state index contributed by atoms with van der Waals surface area (Å²) >= 11 is 1.88. The van der Waals surface area contributed by atoms with Gasteiger partial charge in [0, 0.05) is 29.8 Å². The van der Waals surface area contributed by atoms with Crippen molar-refractivity contribution in [3.05, 3.63) is 30.3 Å². The molecule has 2 N–H and O–H groups in total. The first-order valence-corrected chi connectivity index (χ1v) is 8.09. The first kappa shape index (κ1) is 16.9. The van der Waals surface area contributed by atoms with Crippen LogP contribution < -0.4 is 10.6 Å². The molecule has 2 unspecified atom stereocenters. The molecule has 2 atom stereocenters. The van der Waals surface area contributed by atoms with Gasteiger partial charge in [0.05, 0.1) is 0 Å². The monoisotopic (exact) mass is 293 g/mol. The molecule has 0 radical (unpaired) electrons. The minimum atomic E-state index is 0.415.